The summed E-state index contributed by atoms with van der Waals surface area (Å²) >= 11 is 12.8. The Morgan fingerprint density at radius 1 is 1.23 bits per heavy atom. The van der Waals surface area contributed by atoms with Crippen LogP contribution in [-0.4, -0.2) is 24.5 Å². The van der Waals surface area contributed by atoms with Crippen molar-refractivity contribution in [3.63, 3.8) is 0 Å². The van der Waals surface area contributed by atoms with Crippen molar-refractivity contribution in [3.05, 3.63) is 61.0 Å². The Bertz CT molecular complexity index is 1150. The summed E-state index contributed by atoms with van der Waals surface area (Å²) in [6.07, 6.45) is 6.62. The second-order valence-corrected chi connectivity index (χ2v) is 8.39. The van der Waals surface area contributed by atoms with Gasteiger partial charge in [-0.1, -0.05) is 39.5 Å². The second-order valence-electron chi connectivity index (χ2n) is 6.19. The van der Waals surface area contributed by atoms with E-state index in [4.69, 9.17) is 22.8 Å². The third kappa shape index (κ3) is 4.43. The first-order valence-corrected chi connectivity index (χ1v) is 10.4. The number of anilines is 1. The molecule has 3 rings (SSSR count). The number of carbonyl (C=O) groups excluding carboxylic acids is 3. The summed E-state index contributed by atoms with van der Waals surface area (Å²) in [6, 6.07) is 7.35. The average molecular weight is 553 g/mol. The van der Waals surface area contributed by atoms with E-state index in [1.807, 2.05) is 0 Å². The van der Waals surface area contributed by atoms with Gasteiger partial charge in [-0.25, -0.2) is 9.69 Å². The maximum Gasteiger partial charge on any atom is 0.335 e. The summed E-state index contributed by atoms with van der Waals surface area (Å²) in [5, 5.41) is 2.53. The normalized spacial score (nSPS) is 15.2. The first kappa shape index (κ1) is 22.1. The molecular formula is C21H13Br2ClN2O4. The SMILES string of the molecule is C#CCOc1c(Br)cc(Br)cc1/C=C1\C(=O)NC(=O)N(c2cc(Cl)ccc2C)C1=O. The molecule has 1 aliphatic rings. The van der Waals surface area contributed by atoms with Gasteiger partial charge in [0.25, 0.3) is 11.8 Å². The Morgan fingerprint density at radius 2 is 1.97 bits per heavy atom. The van der Waals surface area contributed by atoms with E-state index in [9.17, 15) is 14.4 Å². The Morgan fingerprint density at radius 3 is 2.67 bits per heavy atom. The maximum absolute atomic E-state index is 13.1. The van der Waals surface area contributed by atoms with E-state index < -0.39 is 17.8 Å². The standard InChI is InChI=1S/C21H13Br2ClN2O4/c1-3-6-30-18-12(7-13(22)9-16(18)23)8-15-19(27)25-21(29)26(20(15)28)17-10-14(24)5-4-11(17)2/h1,4-5,7-10H,6H2,2H3,(H,25,27,29)/b15-8+. The first-order chi connectivity index (χ1) is 14.2. The lowest BCUT2D eigenvalue weighted by Gasteiger charge is -2.27. The third-order valence-electron chi connectivity index (χ3n) is 4.15. The number of urea groups is 1. The summed E-state index contributed by atoms with van der Waals surface area (Å²) < 4.78 is 6.81. The number of hydrogen-bond acceptors (Lipinski definition) is 4. The molecular weight excluding hydrogens is 540 g/mol. The first-order valence-electron chi connectivity index (χ1n) is 8.46. The summed E-state index contributed by atoms with van der Waals surface area (Å²) in [5.74, 6) is 1.11. The molecule has 0 aliphatic carbocycles. The van der Waals surface area contributed by atoms with Crippen molar-refractivity contribution >= 4 is 73.1 Å². The van der Waals surface area contributed by atoms with Crippen molar-refractivity contribution < 1.29 is 19.1 Å². The highest BCUT2D eigenvalue weighted by Gasteiger charge is 2.37. The number of rotatable bonds is 4. The predicted octanol–water partition coefficient (Wildman–Crippen LogP) is 4.85. The Kier molecular flexibility index (Phi) is 6.66. The molecule has 1 fully saturated rings. The number of hydrogen-bond donors (Lipinski definition) is 1. The number of nitrogens with zero attached hydrogens (tertiary/aromatic N) is 1. The van der Waals surface area contributed by atoms with E-state index in [1.165, 1.54) is 12.1 Å². The summed E-state index contributed by atoms with van der Waals surface area (Å²) in [6.45, 7) is 1.71. The van der Waals surface area contributed by atoms with Crippen molar-refractivity contribution in [1.82, 2.24) is 5.32 Å². The van der Waals surface area contributed by atoms with Crippen molar-refractivity contribution in [3.8, 4) is 18.1 Å². The highest BCUT2D eigenvalue weighted by molar-refractivity contribution is 9.11. The zero-order valence-corrected chi connectivity index (χ0v) is 19.4. The number of aryl methyl sites for hydroxylation is 1. The molecule has 1 aliphatic heterocycles. The molecule has 2 aromatic rings. The van der Waals surface area contributed by atoms with Crippen LogP contribution in [0.25, 0.3) is 6.08 Å². The lowest BCUT2D eigenvalue weighted by molar-refractivity contribution is -0.122. The van der Waals surface area contributed by atoms with Crippen LogP contribution in [0.4, 0.5) is 10.5 Å². The molecule has 1 saturated heterocycles. The molecule has 0 bridgehead atoms. The van der Waals surface area contributed by atoms with Crippen LogP contribution in [0, 0.1) is 19.3 Å². The molecule has 152 valence electrons. The molecule has 1 heterocycles. The summed E-state index contributed by atoms with van der Waals surface area (Å²) in [5.41, 5.74) is 1.09. The largest absolute Gasteiger partial charge is 0.479 e. The number of carbonyl (C=O) groups is 3. The van der Waals surface area contributed by atoms with Crippen LogP contribution in [0.5, 0.6) is 5.75 Å². The molecule has 9 heteroatoms. The minimum Gasteiger partial charge on any atom is -0.479 e. The van der Waals surface area contributed by atoms with Gasteiger partial charge in [0.2, 0.25) is 0 Å². The van der Waals surface area contributed by atoms with E-state index >= 15 is 0 Å². The van der Waals surface area contributed by atoms with Gasteiger partial charge in [0.15, 0.2) is 0 Å². The fourth-order valence-corrected chi connectivity index (χ4v) is 4.35. The van der Waals surface area contributed by atoms with Gasteiger partial charge in [0.05, 0.1) is 10.2 Å². The lowest BCUT2D eigenvalue weighted by atomic mass is 10.0. The van der Waals surface area contributed by atoms with E-state index in [0.717, 1.165) is 4.90 Å². The molecule has 0 atom stereocenters. The van der Waals surface area contributed by atoms with E-state index in [2.05, 4.69) is 43.1 Å². The number of nitrogens with one attached hydrogen (secondary N) is 1. The number of amides is 4. The van der Waals surface area contributed by atoms with Gasteiger partial charge in [0.1, 0.15) is 17.9 Å². The Hall–Kier alpha value is -2.60. The zero-order valence-electron chi connectivity index (χ0n) is 15.5. The average Bonchev–Trinajstić information content (AvgIpc) is 2.67. The van der Waals surface area contributed by atoms with Crippen LogP contribution in [0.3, 0.4) is 0 Å². The molecule has 0 spiro atoms. The molecule has 2 aromatic carbocycles. The van der Waals surface area contributed by atoms with Crippen LogP contribution >= 0.6 is 43.5 Å². The van der Waals surface area contributed by atoms with Crippen molar-refractivity contribution in [1.29, 1.82) is 0 Å². The molecule has 0 saturated carbocycles. The fourth-order valence-electron chi connectivity index (χ4n) is 2.81. The van der Waals surface area contributed by atoms with Crippen LogP contribution < -0.4 is 15.0 Å². The number of ether oxygens (including phenoxy) is 1. The van der Waals surface area contributed by atoms with Gasteiger partial charge >= 0.3 is 6.03 Å². The van der Waals surface area contributed by atoms with Crippen LogP contribution in [0.1, 0.15) is 11.1 Å². The van der Waals surface area contributed by atoms with Crippen LogP contribution in [-0.2, 0) is 9.59 Å². The van der Waals surface area contributed by atoms with E-state index in [0.29, 0.717) is 30.8 Å². The van der Waals surface area contributed by atoms with Gasteiger partial charge in [-0.15, -0.1) is 6.42 Å². The Balaban J connectivity index is 2.12. The highest BCUT2D eigenvalue weighted by Crippen LogP contribution is 2.35. The Labute approximate surface area is 194 Å². The third-order valence-corrected chi connectivity index (χ3v) is 5.43. The van der Waals surface area contributed by atoms with Crippen LogP contribution in [0.2, 0.25) is 5.02 Å². The topological polar surface area (TPSA) is 75.7 Å². The van der Waals surface area contributed by atoms with Crippen molar-refractivity contribution in [2.24, 2.45) is 0 Å². The quantitative estimate of drug-likeness (QED) is 0.334. The molecule has 6 nitrogen and oxygen atoms in total. The molecule has 0 unspecified atom stereocenters. The van der Waals surface area contributed by atoms with Gasteiger partial charge < -0.3 is 4.74 Å². The number of barbiturate groups is 1. The minimum atomic E-state index is -0.855. The second kappa shape index (κ2) is 9.04. The smallest absolute Gasteiger partial charge is 0.335 e. The zero-order chi connectivity index (χ0) is 22.0. The van der Waals surface area contributed by atoms with Crippen molar-refractivity contribution in [2.75, 3.05) is 11.5 Å². The maximum atomic E-state index is 13.1. The van der Waals surface area contributed by atoms with Gasteiger partial charge in [0, 0.05) is 15.1 Å². The predicted molar refractivity (Wildman–Crippen MR) is 121 cm³/mol. The molecule has 30 heavy (non-hydrogen) atoms. The van der Waals surface area contributed by atoms with Gasteiger partial charge in [-0.2, -0.15) is 0 Å². The minimum absolute atomic E-state index is 0.0110. The summed E-state index contributed by atoms with van der Waals surface area (Å²) in [7, 11) is 0. The number of imide groups is 2. The fraction of sp³-hybridized carbons (Fsp3) is 0.0952. The van der Waals surface area contributed by atoms with E-state index in [-0.39, 0.29) is 17.9 Å². The van der Waals surface area contributed by atoms with Gasteiger partial charge in [-0.3, -0.25) is 14.9 Å². The summed E-state index contributed by atoms with van der Waals surface area (Å²) in [4.78, 5) is 38.9. The number of terminal acetylenes is 1. The molecule has 4 amide bonds. The van der Waals surface area contributed by atoms with Crippen LogP contribution in [0.15, 0.2) is 44.9 Å². The van der Waals surface area contributed by atoms with Gasteiger partial charge in [-0.05, 0) is 58.8 Å². The molecule has 1 N–H and O–H groups in total. The lowest BCUT2D eigenvalue weighted by Crippen LogP contribution is -2.54. The van der Waals surface area contributed by atoms with E-state index in [1.54, 1.807) is 31.2 Å². The monoisotopic (exact) mass is 550 g/mol. The van der Waals surface area contributed by atoms with Crippen molar-refractivity contribution in [2.45, 2.75) is 6.92 Å². The molecule has 0 aromatic heterocycles. The number of halogens is 3. The highest BCUT2D eigenvalue weighted by atomic mass is 79.9. The molecule has 0 radical (unpaired) electrons. The number of benzene rings is 2.